The number of aromatic nitrogens is 2. The monoisotopic (exact) mass is 353 g/mol. The van der Waals surface area contributed by atoms with Gasteiger partial charge in [0.25, 0.3) is 5.89 Å². The Hall–Kier alpha value is -1.84. The standard InChI is InChI=1S/C22H31N3O/c1-16-23-22(26-25-16)18-12-13-21(24-20-10-6-3-7-11-20)19(15-18)14-17-8-4-2-5-9-17/h12-13,15,17,20,24H,2-11,14H2,1H3. The lowest BCUT2D eigenvalue weighted by Crippen LogP contribution is -2.23. The summed E-state index contributed by atoms with van der Waals surface area (Å²) in [6, 6.07) is 7.28. The molecule has 0 radical (unpaired) electrons. The van der Waals surface area contributed by atoms with E-state index in [0.29, 0.717) is 17.8 Å². The van der Waals surface area contributed by atoms with Crippen molar-refractivity contribution >= 4 is 5.69 Å². The van der Waals surface area contributed by atoms with E-state index in [-0.39, 0.29) is 0 Å². The Labute approximate surface area is 156 Å². The van der Waals surface area contributed by atoms with Crippen molar-refractivity contribution in [3.8, 4) is 11.5 Å². The number of nitrogens with zero attached hydrogens (tertiary/aromatic N) is 2. The molecule has 0 bridgehead atoms. The van der Waals surface area contributed by atoms with E-state index in [2.05, 4.69) is 33.7 Å². The summed E-state index contributed by atoms with van der Waals surface area (Å²) in [5.41, 5.74) is 3.80. The number of aryl methyl sites for hydroxylation is 1. The van der Waals surface area contributed by atoms with E-state index in [0.717, 1.165) is 17.9 Å². The first-order chi connectivity index (χ1) is 12.8. The van der Waals surface area contributed by atoms with E-state index in [1.54, 1.807) is 0 Å². The number of hydrogen-bond acceptors (Lipinski definition) is 4. The number of benzene rings is 1. The zero-order valence-electron chi connectivity index (χ0n) is 16.0. The summed E-state index contributed by atoms with van der Waals surface area (Å²) in [5, 5.41) is 7.81. The molecule has 0 aliphatic heterocycles. The molecule has 0 atom stereocenters. The Balaban J connectivity index is 1.58. The van der Waals surface area contributed by atoms with Gasteiger partial charge >= 0.3 is 0 Å². The molecule has 2 aliphatic carbocycles. The third-order valence-corrected chi connectivity index (χ3v) is 6.08. The molecule has 1 N–H and O–H groups in total. The van der Waals surface area contributed by atoms with Crippen LogP contribution >= 0.6 is 0 Å². The summed E-state index contributed by atoms with van der Waals surface area (Å²) in [6.07, 6.45) is 14.8. The Morgan fingerprint density at radius 3 is 2.42 bits per heavy atom. The zero-order chi connectivity index (χ0) is 17.8. The molecule has 2 fully saturated rings. The summed E-state index contributed by atoms with van der Waals surface area (Å²) >= 11 is 0. The average molecular weight is 354 g/mol. The second-order valence-electron chi connectivity index (χ2n) is 8.21. The van der Waals surface area contributed by atoms with E-state index in [4.69, 9.17) is 4.52 Å². The number of anilines is 1. The van der Waals surface area contributed by atoms with Gasteiger partial charge in [0, 0.05) is 17.3 Å². The molecule has 140 valence electrons. The highest BCUT2D eigenvalue weighted by molar-refractivity contribution is 5.63. The van der Waals surface area contributed by atoms with Crippen LogP contribution in [0.1, 0.15) is 75.6 Å². The first-order valence-electron chi connectivity index (χ1n) is 10.5. The summed E-state index contributed by atoms with van der Waals surface area (Å²) in [6.45, 7) is 1.87. The van der Waals surface area contributed by atoms with Crippen LogP contribution in [-0.2, 0) is 6.42 Å². The van der Waals surface area contributed by atoms with E-state index in [1.807, 2.05) is 6.92 Å². The highest BCUT2D eigenvalue weighted by Gasteiger charge is 2.19. The van der Waals surface area contributed by atoms with Crippen molar-refractivity contribution in [3.63, 3.8) is 0 Å². The van der Waals surface area contributed by atoms with Crippen LogP contribution in [0.2, 0.25) is 0 Å². The van der Waals surface area contributed by atoms with Crippen LogP contribution in [0, 0.1) is 12.8 Å². The van der Waals surface area contributed by atoms with Gasteiger partial charge in [0.2, 0.25) is 0 Å². The van der Waals surface area contributed by atoms with Gasteiger partial charge in [-0.1, -0.05) is 56.5 Å². The molecular formula is C22H31N3O. The zero-order valence-corrected chi connectivity index (χ0v) is 16.0. The van der Waals surface area contributed by atoms with Crippen LogP contribution in [0.4, 0.5) is 5.69 Å². The average Bonchev–Trinajstić information content (AvgIpc) is 3.11. The van der Waals surface area contributed by atoms with Crippen LogP contribution < -0.4 is 5.32 Å². The molecule has 0 unspecified atom stereocenters. The molecule has 0 spiro atoms. The van der Waals surface area contributed by atoms with Gasteiger partial charge in [0.05, 0.1) is 0 Å². The summed E-state index contributed by atoms with van der Waals surface area (Å²) in [5.74, 6) is 2.14. The maximum absolute atomic E-state index is 5.40. The lowest BCUT2D eigenvalue weighted by Gasteiger charge is -2.27. The molecule has 26 heavy (non-hydrogen) atoms. The SMILES string of the molecule is Cc1noc(-c2ccc(NC3CCCCC3)c(CC3CCCCC3)c2)n1. The summed E-state index contributed by atoms with van der Waals surface area (Å²) < 4.78 is 5.40. The first-order valence-corrected chi connectivity index (χ1v) is 10.5. The molecular weight excluding hydrogens is 322 g/mol. The lowest BCUT2D eigenvalue weighted by molar-refractivity contribution is 0.356. The first kappa shape index (κ1) is 17.6. The van der Waals surface area contributed by atoms with Gasteiger partial charge in [0.15, 0.2) is 5.82 Å². The maximum atomic E-state index is 5.40. The van der Waals surface area contributed by atoms with Crippen molar-refractivity contribution in [3.05, 3.63) is 29.6 Å². The van der Waals surface area contributed by atoms with Gasteiger partial charge in [-0.15, -0.1) is 0 Å². The van der Waals surface area contributed by atoms with Gasteiger partial charge in [-0.3, -0.25) is 0 Å². The van der Waals surface area contributed by atoms with Gasteiger partial charge in [0.1, 0.15) is 0 Å². The molecule has 1 aromatic heterocycles. The van der Waals surface area contributed by atoms with Crippen LogP contribution in [0.25, 0.3) is 11.5 Å². The quantitative estimate of drug-likeness (QED) is 0.725. The van der Waals surface area contributed by atoms with Gasteiger partial charge < -0.3 is 9.84 Å². The largest absolute Gasteiger partial charge is 0.382 e. The van der Waals surface area contributed by atoms with Crippen molar-refractivity contribution in [1.82, 2.24) is 10.1 Å². The topological polar surface area (TPSA) is 51.0 Å². The molecule has 2 aliphatic rings. The highest BCUT2D eigenvalue weighted by Crippen LogP contribution is 2.33. The molecule has 2 saturated carbocycles. The smallest absolute Gasteiger partial charge is 0.257 e. The lowest BCUT2D eigenvalue weighted by atomic mass is 9.84. The third kappa shape index (κ3) is 4.28. The van der Waals surface area contributed by atoms with Crippen LogP contribution in [0.5, 0.6) is 0 Å². The van der Waals surface area contributed by atoms with Crippen molar-refractivity contribution in [2.75, 3.05) is 5.32 Å². The van der Waals surface area contributed by atoms with Gasteiger partial charge in [-0.2, -0.15) is 4.98 Å². The Morgan fingerprint density at radius 2 is 1.73 bits per heavy atom. The fraction of sp³-hybridized carbons (Fsp3) is 0.636. The fourth-order valence-electron chi connectivity index (χ4n) is 4.62. The molecule has 0 saturated heterocycles. The minimum absolute atomic E-state index is 0.630. The summed E-state index contributed by atoms with van der Waals surface area (Å²) in [4.78, 5) is 4.42. The minimum atomic E-state index is 0.630. The maximum Gasteiger partial charge on any atom is 0.257 e. The molecule has 1 heterocycles. The van der Waals surface area contributed by atoms with Crippen LogP contribution in [0.3, 0.4) is 0 Å². The van der Waals surface area contributed by atoms with Crippen LogP contribution in [-0.4, -0.2) is 16.2 Å². The second-order valence-corrected chi connectivity index (χ2v) is 8.21. The third-order valence-electron chi connectivity index (χ3n) is 6.08. The molecule has 4 nitrogen and oxygen atoms in total. The highest BCUT2D eigenvalue weighted by atomic mass is 16.5. The Morgan fingerprint density at radius 1 is 1.00 bits per heavy atom. The van der Waals surface area contributed by atoms with Crippen LogP contribution in [0.15, 0.2) is 22.7 Å². The van der Waals surface area contributed by atoms with Crippen molar-refractivity contribution in [2.24, 2.45) is 5.92 Å². The Kier molecular flexibility index (Phi) is 5.57. The molecule has 4 heteroatoms. The predicted octanol–water partition coefficient (Wildman–Crippen LogP) is 5.91. The van der Waals surface area contributed by atoms with E-state index < -0.39 is 0 Å². The van der Waals surface area contributed by atoms with Crippen molar-refractivity contribution in [1.29, 1.82) is 0 Å². The molecule has 4 rings (SSSR count). The van der Waals surface area contributed by atoms with E-state index in [9.17, 15) is 0 Å². The number of rotatable bonds is 5. The molecule has 0 amide bonds. The van der Waals surface area contributed by atoms with Gasteiger partial charge in [-0.05, 0) is 55.9 Å². The van der Waals surface area contributed by atoms with Gasteiger partial charge in [-0.25, -0.2) is 0 Å². The van der Waals surface area contributed by atoms with E-state index >= 15 is 0 Å². The van der Waals surface area contributed by atoms with Crippen molar-refractivity contribution < 1.29 is 4.52 Å². The van der Waals surface area contributed by atoms with E-state index in [1.165, 1.54) is 75.5 Å². The second kappa shape index (κ2) is 8.24. The minimum Gasteiger partial charge on any atom is -0.382 e. The summed E-state index contributed by atoms with van der Waals surface area (Å²) in [7, 11) is 0. The number of hydrogen-bond donors (Lipinski definition) is 1. The predicted molar refractivity (Wildman–Crippen MR) is 105 cm³/mol. The Bertz CT molecular complexity index is 712. The molecule has 1 aromatic carbocycles. The normalized spacial score (nSPS) is 19.6. The van der Waals surface area contributed by atoms with Crippen molar-refractivity contribution in [2.45, 2.75) is 83.6 Å². The number of nitrogens with one attached hydrogen (secondary N) is 1. The molecule has 2 aromatic rings. The fourth-order valence-corrected chi connectivity index (χ4v) is 4.62.